The summed E-state index contributed by atoms with van der Waals surface area (Å²) in [7, 11) is 1.46. The molecule has 0 aliphatic carbocycles. The van der Waals surface area contributed by atoms with Gasteiger partial charge >= 0.3 is 0 Å². The number of tetrazole rings is 1. The molecule has 1 N–H and O–H groups in total. The van der Waals surface area contributed by atoms with E-state index >= 15 is 0 Å². The maximum Gasteiger partial charge on any atom is 0.273 e. The van der Waals surface area contributed by atoms with Gasteiger partial charge in [-0.15, -0.1) is 10.2 Å². The molecule has 0 aliphatic heterocycles. The van der Waals surface area contributed by atoms with Gasteiger partial charge in [0.15, 0.2) is 5.82 Å². The molecular weight excluding hydrogens is 226 g/mol. The first-order valence-corrected chi connectivity index (χ1v) is 4.73. The van der Waals surface area contributed by atoms with Crippen molar-refractivity contribution in [2.75, 3.05) is 7.11 Å². The Labute approximate surface area is 95.8 Å². The zero-order valence-electron chi connectivity index (χ0n) is 8.95. The van der Waals surface area contributed by atoms with Gasteiger partial charge in [0.2, 0.25) is 0 Å². The van der Waals surface area contributed by atoms with Crippen LogP contribution in [0.1, 0.15) is 11.4 Å². The van der Waals surface area contributed by atoms with Crippen LogP contribution in [0.3, 0.4) is 0 Å². The van der Waals surface area contributed by atoms with Gasteiger partial charge in [-0.25, -0.2) is 0 Å². The lowest BCUT2D eigenvalue weighted by molar-refractivity contribution is -0.385. The molecule has 0 spiro atoms. The number of nitro groups is 1. The predicted molar refractivity (Wildman–Crippen MR) is 56.6 cm³/mol. The van der Waals surface area contributed by atoms with Crippen molar-refractivity contribution in [2.45, 2.75) is 6.42 Å². The molecule has 0 fully saturated rings. The van der Waals surface area contributed by atoms with Crippen molar-refractivity contribution in [3.8, 4) is 5.75 Å². The molecule has 0 saturated heterocycles. The molecule has 0 unspecified atom stereocenters. The molecule has 0 atom stereocenters. The van der Waals surface area contributed by atoms with Crippen molar-refractivity contribution in [3.05, 3.63) is 39.7 Å². The minimum Gasteiger partial charge on any atom is -0.496 e. The van der Waals surface area contributed by atoms with Crippen LogP contribution in [0.4, 0.5) is 5.69 Å². The van der Waals surface area contributed by atoms with E-state index in [-0.39, 0.29) is 5.69 Å². The van der Waals surface area contributed by atoms with E-state index in [1.54, 1.807) is 6.07 Å². The molecule has 8 heteroatoms. The number of aromatic nitrogens is 4. The summed E-state index contributed by atoms with van der Waals surface area (Å²) < 4.78 is 5.00. The van der Waals surface area contributed by atoms with Gasteiger partial charge in [0.25, 0.3) is 5.69 Å². The molecule has 0 amide bonds. The third-order valence-corrected chi connectivity index (χ3v) is 2.15. The Bertz CT molecular complexity index is 525. The van der Waals surface area contributed by atoms with E-state index in [0.717, 1.165) is 0 Å². The lowest BCUT2D eigenvalue weighted by atomic mass is 10.1. The molecule has 1 aromatic carbocycles. The molecule has 1 heterocycles. The minimum absolute atomic E-state index is 0.0251. The van der Waals surface area contributed by atoms with Gasteiger partial charge in [0, 0.05) is 12.5 Å². The van der Waals surface area contributed by atoms with Crippen LogP contribution in [0.25, 0.3) is 0 Å². The Morgan fingerprint density at radius 2 is 2.29 bits per heavy atom. The lowest BCUT2D eigenvalue weighted by Gasteiger charge is -2.03. The summed E-state index contributed by atoms with van der Waals surface area (Å²) in [6.45, 7) is 0. The average molecular weight is 235 g/mol. The monoisotopic (exact) mass is 235 g/mol. The van der Waals surface area contributed by atoms with Gasteiger partial charge < -0.3 is 4.74 Å². The summed E-state index contributed by atoms with van der Waals surface area (Å²) in [5, 5.41) is 24.0. The molecule has 2 aromatic rings. The van der Waals surface area contributed by atoms with Gasteiger partial charge in [-0.3, -0.25) is 10.1 Å². The van der Waals surface area contributed by atoms with Crippen LogP contribution in [0.2, 0.25) is 0 Å². The van der Waals surface area contributed by atoms with Crippen LogP contribution in [0.5, 0.6) is 5.75 Å². The molecule has 8 nitrogen and oxygen atoms in total. The van der Waals surface area contributed by atoms with Gasteiger partial charge in [0.1, 0.15) is 5.75 Å². The van der Waals surface area contributed by atoms with E-state index in [1.807, 2.05) is 0 Å². The fourth-order valence-electron chi connectivity index (χ4n) is 1.41. The summed E-state index contributed by atoms with van der Waals surface area (Å²) in [6, 6.07) is 4.52. The highest BCUT2D eigenvalue weighted by atomic mass is 16.6. The van der Waals surface area contributed by atoms with Gasteiger partial charge in [-0.2, -0.15) is 5.21 Å². The topological polar surface area (TPSA) is 107 Å². The summed E-state index contributed by atoms with van der Waals surface area (Å²) >= 11 is 0. The fourth-order valence-corrected chi connectivity index (χ4v) is 1.41. The molecule has 0 radical (unpaired) electrons. The van der Waals surface area contributed by atoms with E-state index in [2.05, 4.69) is 20.6 Å². The van der Waals surface area contributed by atoms with Gasteiger partial charge in [0.05, 0.1) is 18.1 Å². The van der Waals surface area contributed by atoms with Crippen LogP contribution in [-0.4, -0.2) is 32.7 Å². The summed E-state index contributed by atoms with van der Waals surface area (Å²) in [5.41, 5.74) is 0.667. The maximum absolute atomic E-state index is 10.7. The number of rotatable bonds is 4. The van der Waals surface area contributed by atoms with Gasteiger partial charge in [-0.05, 0) is 11.6 Å². The summed E-state index contributed by atoms with van der Waals surface area (Å²) in [6.07, 6.45) is 0.356. The number of non-ortho nitro benzene ring substituents is 1. The molecule has 1 aromatic heterocycles. The molecule has 88 valence electrons. The average Bonchev–Trinajstić information content (AvgIpc) is 2.81. The van der Waals surface area contributed by atoms with Crippen LogP contribution < -0.4 is 4.74 Å². The second-order valence-electron chi connectivity index (χ2n) is 3.30. The number of aromatic amines is 1. The lowest BCUT2D eigenvalue weighted by Crippen LogP contribution is -1.96. The SMILES string of the molecule is COc1cc(Cc2nn[nH]n2)cc([N+](=O)[O-])c1. The zero-order chi connectivity index (χ0) is 12.3. The Morgan fingerprint density at radius 1 is 1.47 bits per heavy atom. The van der Waals surface area contributed by atoms with Crippen molar-refractivity contribution in [3.63, 3.8) is 0 Å². The number of nitro benzene ring substituents is 1. The number of hydrogen-bond acceptors (Lipinski definition) is 6. The number of hydrogen-bond donors (Lipinski definition) is 1. The predicted octanol–water partition coefficient (Wildman–Crippen LogP) is 0.707. The first-order chi connectivity index (χ1) is 8.19. The third kappa shape index (κ3) is 2.54. The molecule has 0 aliphatic rings. The third-order valence-electron chi connectivity index (χ3n) is 2.15. The number of methoxy groups -OCH3 is 1. The highest BCUT2D eigenvalue weighted by molar-refractivity contribution is 5.43. The minimum atomic E-state index is -0.470. The number of nitrogens with zero attached hydrogens (tertiary/aromatic N) is 4. The summed E-state index contributed by atoms with van der Waals surface area (Å²) in [4.78, 5) is 10.3. The standard InChI is InChI=1S/C9H9N5O3/c1-17-8-3-6(2-7(5-8)14(15)16)4-9-10-12-13-11-9/h2-3,5H,4H2,1H3,(H,10,11,12,13). The van der Waals surface area contributed by atoms with Gasteiger partial charge in [-0.1, -0.05) is 5.21 Å². The number of H-pyrrole nitrogens is 1. The van der Waals surface area contributed by atoms with E-state index in [0.29, 0.717) is 23.6 Å². The molecular formula is C9H9N5O3. The Kier molecular flexibility index (Phi) is 2.95. The smallest absolute Gasteiger partial charge is 0.273 e. The van der Waals surface area contributed by atoms with E-state index in [9.17, 15) is 10.1 Å². The van der Waals surface area contributed by atoms with Crippen LogP contribution in [0.15, 0.2) is 18.2 Å². The molecule has 0 saturated carbocycles. The van der Waals surface area contributed by atoms with Crippen molar-refractivity contribution in [1.82, 2.24) is 20.6 Å². The second kappa shape index (κ2) is 4.56. The van der Waals surface area contributed by atoms with E-state index in [4.69, 9.17) is 4.74 Å². The molecule has 17 heavy (non-hydrogen) atoms. The quantitative estimate of drug-likeness (QED) is 0.617. The Balaban J connectivity index is 2.33. The molecule has 2 rings (SSSR count). The van der Waals surface area contributed by atoms with Crippen molar-refractivity contribution >= 4 is 5.69 Å². The number of nitrogens with one attached hydrogen (secondary N) is 1. The second-order valence-corrected chi connectivity index (χ2v) is 3.30. The van der Waals surface area contributed by atoms with Crippen molar-refractivity contribution in [1.29, 1.82) is 0 Å². The maximum atomic E-state index is 10.7. The van der Waals surface area contributed by atoms with E-state index < -0.39 is 4.92 Å². The van der Waals surface area contributed by atoms with E-state index in [1.165, 1.54) is 19.2 Å². The van der Waals surface area contributed by atoms with Crippen LogP contribution in [0, 0.1) is 10.1 Å². The zero-order valence-corrected chi connectivity index (χ0v) is 8.95. The van der Waals surface area contributed by atoms with Crippen LogP contribution >= 0.6 is 0 Å². The van der Waals surface area contributed by atoms with Crippen molar-refractivity contribution < 1.29 is 9.66 Å². The fraction of sp³-hybridized carbons (Fsp3) is 0.222. The Hall–Kier alpha value is -2.51. The van der Waals surface area contributed by atoms with Crippen molar-refractivity contribution in [2.24, 2.45) is 0 Å². The first-order valence-electron chi connectivity index (χ1n) is 4.73. The normalized spacial score (nSPS) is 10.2. The number of ether oxygens (including phenoxy) is 1. The number of benzene rings is 1. The highest BCUT2D eigenvalue weighted by Crippen LogP contribution is 2.23. The first kappa shape index (κ1) is 11.0. The highest BCUT2D eigenvalue weighted by Gasteiger charge is 2.11. The molecule has 0 bridgehead atoms. The largest absolute Gasteiger partial charge is 0.496 e. The van der Waals surface area contributed by atoms with Crippen LogP contribution in [-0.2, 0) is 6.42 Å². The summed E-state index contributed by atoms with van der Waals surface area (Å²) in [5.74, 6) is 0.894. The Morgan fingerprint density at radius 3 is 2.88 bits per heavy atom.